The van der Waals surface area contributed by atoms with Gasteiger partial charge in [0.2, 0.25) is 0 Å². The van der Waals surface area contributed by atoms with Gasteiger partial charge < -0.3 is 10.6 Å². The first-order valence-corrected chi connectivity index (χ1v) is 7.25. The Morgan fingerprint density at radius 3 is 2.57 bits per heavy atom. The molecule has 5 nitrogen and oxygen atoms in total. The number of nitrogens with zero attached hydrogens (tertiary/aromatic N) is 2. The van der Waals surface area contributed by atoms with Crippen LogP contribution in [0.25, 0.3) is 0 Å². The van der Waals surface area contributed by atoms with Crippen LogP contribution in [0, 0.1) is 0 Å². The van der Waals surface area contributed by atoms with Crippen LogP contribution in [-0.2, 0) is 6.54 Å². The average molecular weight is 304 g/mol. The number of carbonyl (C=O) groups excluding carboxylic acids is 1. The van der Waals surface area contributed by atoms with Crippen LogP contribution in [-0.4, -0.2) is 15.9 Å². The van der Waals surface area contributed by atoms with Crippen LogP contribution in [0.3, 0.4) is 0 Å². The van der Waals surface area contributed by atoms with Crippen molar-refractivity contribution < 1.29 is 4.79 Å². The highest BCUT2D eigenvalue weighted by atomic mass is 16.1. The molecule has 0 aliphatic rings. The minimum atomic E-state index is -0.186. The smallest absolute Gasteiger partial charge is 0.257 e. The first kappa shape index (κ1) is 14.7. The lowest BCUT2D eigenvalue weighted by molar-refractivity contribution is 0.102. The standard InChI is InChI=1S/C18H16N4O/c23-18(22-16-6-2-1-3-7-16)15-9-17(13-20-12-15)21-11-14-5-4-8-19-10-14/h1-10,12-13,21H,11H2,(H,22,23). The maximum Gasteiger partial charge on any atom is 0.257 e. The van der Waals surface area contributed by atoms with Crippen LogP contribution in [0.4, 0.5) is 11.4 Å². The lowest BCUT2D eigenvalue weighted by atomic mass is 10.2. The Balaban J connectivity index is 1.66. The van der Waals surface area contributed by atoms with E-state index in [1.54, 1.807) is 30.9 Å². The molecule has 0 saturated carbocycles. The quantitative estimate of drug-likeness (QED) is 0.758. The normalized spacial score (nSPS) is 10.1. The molecule has 0 unspecified atom stereocenters. The van der Waals surface area contributed by atoms with Crippen molar-refractivity contribution in [3.05, 3.63) is 84.4 Å². The zero-order valence-corrected chi connectivity index (χ0v) is 12.4. The Kier molecular flexibility index (Phi) is 4.59. The highest BCUT2D eigenvalue weighted by molar-refractivity contribution is 6.04. The molecule has 0 aliphatic carbocycles. The van der Waals surface area contributed by atoms with Gasteiger partial charge in [0.25, 0.3) is 5.91 Å². The van der Waals surface area contributed by atoms with Crippen molar-refractivity contribution >= 4 is 17.3 Å². The first-order valence-electron chi connectivity index (χ1n) is 7.25. The van der Waals surface area contributed by atoms with Crippen LogP contribution < -0.4 is 10.6 Å². The summed E-state index contributed by atoms with van der Waals surface area (Å²) in [4.78, 5) is 20.4. The van der Waals surface area contributed by atoms with E-state index in [2.05, 4.69) is 20.6 Å². The topological polar surface area (TPSA) is 66.9 Å². The van der Waals surface area contributed by atoms with Crippen molar-refractivity contribution in [2.75, 3.05) is 10.6 Å². The predicted molar refractivity (Wildman–Crippen MR) is 90.2 cm³/mol. The summed E-state index contributed by atoms with van der Waals surface area (Å²) in [7, 11) is 0. The Morgan fingerprint density at radius 1 is 0.913 bits per heavy atom. The molecule has 0 bridgehead atoms. The Morgan fingerprint density at radius 2 is 1.78 bits per heavy atom. The lowest BCUT2D eigenvalue weighted by Crippen LogP contribution is -2.12. The van der Waals surface area contributed by atoms with E-state index in [0.717, 1.165) is 16.9 Å². The van der Waals surface area contributed by atoms with E-state index in [0.29, 0.717) is 12.1 Å². The zero-order chi connectivity index (χ0) is 15.9. The van der Waals surface area contributed by atoms with Gasteiger partial charge in [-0.2, -0.15) is 0 Å². The maximum absolute atomic E-state index is 12.3. The number of benzene rings is 1. The van der Waals surface area contributed by atoms with E-state index in [-0.39, 0.29) is 5.91 Å². The Labute approximate surface area is 134 Å². The van der Waals surface area contributed by atoms with Gasteiger partial charge in [-0.1, -0.05) is 24.3 Å². The first-order chi connectivity index (χ1) is 11.3. The summed E-state index contributed by atoms with van der Waals surface area (Å²) >= 11 is 0. The third-order valence-electron chi connectivity index (χ3n) is 3.25. The van der Waals surface area contributed by atoms with Gasteiger partial charge in [0.1, 0.15) is 0 Å². The summed E-state index contributed by atoms with van der Waals surface area (Å²) in [5.41, 5.74) is 3.11. The minimum Gasteiger partial charge on any atom is -0.380 e. The van der Waals surface area contributed by atoms with Gasteiger partial charge in [0.05, 0.1) is 11.3 Å². The van der Waals surface area contributed by atoms with E-state index < -0.39 is 0 Å². The van der Waals surface area contributed by atoms with Crippen LogP contribution in [0.2, 0.25) is 0 Å². The molecule has 2 N–H and O–H groups in total. The van der Waals surface area contributed by atoms with Crippen molar-refractivity contribution in [1.29, 1.82) is 0 Å². The zero-order valence-electron chi connectivity index (χ0n) is 12.4. The number of amides is 1. The van der Waals surface area contributed by atoms with Crippen molar-refractivity contribution in [2.45, 2.75) is 6.54 Å². The molecule has 23 heavy (non-hydrogen) atoms. The van der Waals surface area contributed by atoms with Gasteiger partial charge in [-0.3, -0.25) is 14.8 Å². The molecule has 0 aliphatic heterocycles. The van der Waals surface area contributed by atoms with E-state index in [9.17, 15) is 4.79 Å². The molecular weight excluding hydrogens is 288 g/mol. The van der Waals surface area contributed by atoms with E-state index in [4.69, 9.17) is 0 Å². The summed E-state index contributed by atoms with van der Waals surface area (Å²) in [5.74, 6) is -0.186. The molecule has 2 heterocycles. The molecule has 2 aromatic heterocycles. The average Bonchev–Trinajstić information content (AvgIpc) is 2.62. The molecule has 5 heteroatoms. The third kappa shape index (κ3) is 4.14. The fourth-order valence-corrected chi connectivity index (χ4v) is 2.09. The van der Waals surface area contributed by atoms with Gasteiger partial charge in [-0.05, 0) is 29.8 Å². The second-order valence-corrected chi connectivity index (χ2v) is 5.00. The highest BCUT2D eigenvalue weighted by Crippen LogP contribution is 2.13. The fraction of sp³-hybridized carbons (Fsp3) is 0.0556. The van der Waals surface area contributed by atoms with Gasteiger partial charge in [0.15, 0.2) is 0 Å². The number of anilines is 2. The summed E-state index contributed by atoms with van der Waals surface area (Å²) in [6, 6.07) is 15.0. The van der Waals surface area contributed by atoms with Crippen LogP contribution in [0.15, 0.2) is 73.3 Å². The molecular formula is C18H16N4O. The molecule has 3 rings (SSSR count). The number of pyridine rings is 2. The molecule has 1 amide bonds. The lowest BCUT2D eigenvalue weighted by Gasteiger charge is -2.08. The number of nitrogens with one attached hydrogen (secondary N) is 2. The number of hydrogen-bond acceptors (Lipinski definition) is 4. The molecule has 0 spiro atoms. The summed E-state index contributed by atoms with van der Waals surface area (Å²) in [6.45, 7) is 0.624. The molecule has 3 aromatic rings. The molecule has 0 fully saturated rings. The Bertz CT molecular complexity index is 775. The predicted octanol–water partition coefficient (Wildman–Crippen LogP) is 3.34. The largest absolute Gasteiger partial charge is 0.380 e. The van der Waals surface area contributed by atoms with Crippen molar-refractivity contribution in [2.24, 2.45) is 0 Å². The van der Waals surface area contributed by atoms with E-state index >= 15 is 0 Å². The Hall–Kier alpha value is -3.21. The number of rotatable bonds is 5. The van der Waals surface area contributed by atoms with Crippen LogP contribution in [0.1, 0.15) is 15.9 Å². The molecule has 1 aromatic carbocycles. The monoisotopic (exact) mass is 304 g/mol. The SMILES string of the molecule is O=C(Nc1ccccc1)c1cncc(NCc2cccnc2)c1. The third-order valence-corrected chi connectivity index (χ3v) is 3.25. The van der Waals surface area contributed by atoms with Crippen molar-refractivity contribution in [3.63, 3.8) is 0 Å². The summed E-state index contributed by atoms with van der Waals surface area (Å²) < 4.78 is 0. The number of carbonyl (C=O) groups is 1. The molecule has 0 atom stereocenters. The van der Waals surface area contributed by atoms with Gasteiger partial charge in [-0.25, -0.2) is 0 Å². The molecule has 0 saturated heterocycles. The fourth-order valence-electron chi connectivity index (χ4n) is 2.09. The van der Waals surface area contributed by atoms with Crippen LogP contribution in [0.5, 0.6) is 0 Å². The van der Waals surface area contributed by atoms with Crippen LogP contribution >= 0.6 is 0 Å². The van der Waals surface area contributed by atoms with Crippen molar-refractivity contribution in [1.82, 2.24) is 9.97 Å². The number of hydrogen-bond donors (Lipinski definition) is 2. The second-order valence-electron chi connectivity index (χ2n) is 5.00. The van der Waals surface area contributed by atoms with Gasteiger partial charge in [-0.15, -0.1) is 0 Å². The maximum atomic E-state index is 12.3. The minimum absolute atomic E-state index is 0.186. The highest BCUT2D eigenvalue weighted by Gasteiger charge is 2.07. The second kappa shape index (κ2) is 7.17. The molecule has 114 valence electrons. The van der Waals surface area contributed by atoms with Gasteiger partial charge in [0, 0.05) is 37.0 Å². The molecule has 0 radical (unpaired) electrons. The summed E-state index contributed by atoms with van der Waals surface area (Å²) in [5, 5.41) is 6.08. The number of para-hydroxylation sites is 1. The number of aromatic nitrogens is 2. The summed E-state index contributed by atoms with van der Waals surface area (Å²) in [6.07, 6.45) is 6.77. The van der Waals surface area contributed by atoms with Crippen molar-refractivity contribution in [3.8, 4) is 0 Å². The van der Waals surface area contributed by atoms with E-state index in [1.807, 2.05) is 42.5 Å². The van der Waals surface area contributed by atoms with Gasteiger partial charge >= 0.3 is 0 Å². The van der Waals surface area contributed by atoms with E-state index in [1.165, 1.54) is 0 Å².